The first-order chi connectivity index (χ1) is 15.7. The molecule has 32 heavy (non-hydrogen) atoms. The maximum absolute atomic E-state index is 5.94. The smallest absolute Gasteiger partial charge is 0.346 e. The summed E-state index contributed by atoms with van der Waals surface area (Å²) in [7, 11) is 3.45. The van der Waals surface area contributed by atoms with Crippen LogP contribution in [0.3, 0.4) is 0 Å². The molecule has 0 spiro atoms. The van der Waals surface area contributed by atoms with Gasteiger partial charge in [0, 0.05) is 19.3 Å². The predicted octanol–water partition coefficient (Wildman–Crippen LogP) is 2.26. The molecule has 0 aliphatic heterocycles. The third kappa shape index (κ3) is 5.39. The molecule has 0 fully saturated rings. The van der Waals surface area contributed by atoms with Crippen LogP contribution in [0.1, 0.15) is 12.0 Å². The predicted molar refractivity (Wildman–Crippen MR) is 118 cm³/mol. The fourth-order valence-corrected chi connectivity index (χ4v) is 3.70. The Morgan fingerprint density at radius 3 is 2.62 bits per heavy atom. The molecule has 2 heterocycles. The van der Waals surface area contributed by atoms with Crippen LogP contribution in [-0.2, 0) is 13.6 Å². The van der Waals surface area contributed by atoms with E-state index in [0.717, 1.165) is 35.1 Å². The molecule has 0 aliphatic carbocycles. The van der Waals surface area contributed by atoms with Gasteiger partial charge >= 0.3 is 6.01 Å². The molecule has 1 N–H and O–H groups in total. The number of para-hydroxylation sites is 1. The monoisotopic (exact) mass is 453 g/mol. The second kappa shape index (κ2) is 10.7. The fourth-order valence-electron chi connectivity index (χ4n) is 2.92. The van der Waals surface area contributed by atoms with Crippen LogP contribution in [-0.4, -0.2) is 59.8 Å². The molecule has 2 aromatic heterocycles. The third-order valence-electron chi connectivity index (χ3n) is 4.51. The van der Waals surface area contributed by atoms with E-state index in [-0.39, 0.29) is 6.01 Å². The number of aryl methyl sites for hydroxylation is 1. The molecular formula is C20H23N9O2S. The lowest BCUT2D eigenvalue weighted by Crippen LogP contribution is -2.15. The van der Waals surface area contributed by atoms with Crippen molar-refractivity contribution in [3.05, 3.63) is 54.1 Å². The maximum atomic E-state index is 5.94. The minimum Gasteiger partial charge on any atom is -0.493 e. The average Bonchev–Trinajstić information content (AvgIpc) is 3.46. The zero-order chi connectivity index (χ0) is 22.2. The van der Waals surface area contributed by atoms with Crippen LogP contribution in [0.4, 0.5) is 0 Å². The number of nitrogens with one attached hydrogen (secondary N) is 1. The standard InChI is InChI=1S/C20H23N9O2S/c1-28-20(23-25-26-28)32-12-6-11-21-14-15-9-10-17(18(13-15)30-2)31-19-22-24-27-29(19)16-7-4-3-5-8-16/h3-5,7-10,13,21H,6,11-12,14H2,1-2H3. The molecule has 4 aromatic rings. The second-order valence-corrected chi connectivity index (χ2v) is 7.82. The number of ether oxygens (including phenoxy) is 2. The zero-order valence-corrected chi connectivity index (χ0v) is 18.6. The van der Waals surface area contributed by atoms with Gasteiger partial charge in [-0.15, -0.1) is 5.10 Å². The summed E-state index contributed by atoms with van der Waals surface area (Å²) in [6.07, 6.45) is 0.998. The van der Waals surface area contributed by atoms with Crippen molar-refractivity contribution in [1.29, 1.82) is 0 Å². The Labute approximate surface area is 189 Å². The summed E-state index contributed by atoms with van der Waals surface area (Å²) in [4.78, 5) is 0. The van der Waals surface area contributed by atoms with Crippen LogP contribution < -0.4 is 14.8 Å². The highest BCUT2D eigenvalue weighted by molar-refractivity contribution is 7.99. The Kier molecular flexibility index (Phi) is 7.25. The van der Waals surface area contributed by atoms with E-state index in [0.29, 0.717) is 18.0 Å². The normalized spacial score (nSPS) is 10.9. The van der Waals surface area contributed by atoms with E-state index in [1.165, 1.54) is 4.68 Å². The van der Waals surface area contributed by atoms with Gasteiger partial charge in [0.15, 0.2) is 11.5 Å². The zero-order valence-electron chi connectivity index (χ0n) is 17.7. The first kappa shape index (κ1) is 21.7. The molecule has 0 atom stereocenters. The summed E-state index contributed by atoms with van der Waals surface area (Å²) in [5.74, 6) is 2.09. The van der Waals surface area contributed by atoms with Gasteiger partial charge in [-0.2, -0.15) is 4.68 Å². The molecule has 4 rings (SSSR count). The molecule has 0 saturated heterocycles. The van der Waals surface area contributed by atoms with Crippen molar-refractivity contribution in [3.63, 3.8) is 0 Å². The van der Waals surface area contributed by atoms with Gasteiger partial charge in [0.25, 0.3) is 0 Å². The number of thioether (sulfide) groups is 1. The van der Waals surface area contributed by atoms with E-state index in [1.54, 1.807) is 23.6 Å². The summed E-state index contributed by atoms with van der Waals surface area (Å²) in [6.45, 7) is 1.60. The Morgan fingerprint density at radius 1 is 1.00 bits per heavy atom. The van der Waals surface area contributed by atoms with E-state index in [1.807, 2.05) is 55.6 Å². The molecule has 0 saturated carbocycles. The summed E-state index contributed by atoms with van der Waals surface area (Å²) < 4.78 is 14.7. The van der Waals surface area contributed by atoms with Crippen LogP contribution in [0.15, 0.2) is 53.7 Å². The van der Waals surface area contributed by atoms with Crippen molar-refractivity contribution >= 4 is 11.8 Å². The van der Waals surface area contributed by atoms with Gasteiger partial charge in [0.05, 0.1) is 12.8 Å². The van der Waals surface area contributed by atoms with Crippen LogP contribution in [0, 0.1) is 0 Å². The van der Waals surface area contributed by atoms with Gasteiger partial charge < -0.3 is 14.8 Å². The minimum absolute atomic E-state index is 0.260. The van der Waals surface area contributed by atoms with E-state index in [9.17, 15) is 0 Å². The van der Waals surface area contributed by atoms with Crippen molar-refractivity contribution in [1.82, 2.24) is 45.7 Å². The fraction of sp³-hybridized carbons (Fsp3) is 0.300. The van der Waals surface area contributed by atoms with Gasteiger partial charge in [0.1, 0.15) is 0 Å². The van der Waals surface area contributed by atoms with E-state index in [2.05, 4.69) is 36.4 Å². The van der Waals surface area contributed by atoms with E-state index in [4.69, 9.17) is 9.47 Å². The Hall–Kier alpha value is -3.51. The largest absolute Gasteiger partial charge is 0.493 e. The van der Waals surface area contributed by atoms with E-state index >= 15 is 0 Å². The van der Waals surface area contributed by atoms with Gasteiger partial charge in [-0.25, -0.2) is 4.68 Å². The van der Waals surface area contributed by atoms with Gasteiger partial charge in [0.2, 0.25) is 5.16 Å². The number of nitrogens with zero attached hydrogens (tertiary/aromatic N) is 8. The van der Waals surface area contributed by atoms with Crippen molar-refractivity contribution in [2.45, 2.75) is 18.1 Å². The first-order valence-corrected chi connectivity index (χ1v) is 11.0. The molecule has 2 aromatic carbocycles. The molecule has 0 bridgehead atoms. The van der Waals surface area contributed by atoms with Crippen LogP contribution in [0.2, 0.25) is 0 Å². The number of tetrazole rings is 2. The SMILES string of the molecule is COc1cc(CNCCCSc2nnnn2C)ccc1Oc1nnnn1-c1ccccc1. The third-order valence-corrected chi connectivity index (χ3v) is 5.61. The lowest BCUT2D eigenvalue weighted by Gasteiger charge is -2.12. The molecule has 0 amide bonds. The van der Waals surface area contributed by atoms with Gasteiger partial charge in [-0.05, 0) is 63.6 Å². The van der Waals surface area contributed by atoms with Crippen molar-refractivity contribution in [3.8, 4) is 23.2 Å². The highest BCUT2D eigenvalue weighted by Crippen LogP contribution is 2.32. The van der Waals surface area contributed by atoms with Crippen molar-refractivity contribution in [2.24, 2.45) is 7.05 Å². The van der Waals surface area contributed by atoms with Crippen LogP contribution >= 0.6 is 11.8 Å². The molecule has 0 unspecified atom stereocenters. The highest BCUT2D eigenvalue weighted by atomic mass is 32.2. The lowest BCUT2D eigenvalue weighted by molar-refractivity contribution is 0.362. The number of benzene rings is 2. The van der Waals surface area contributed by atoms with Crippen molar-refractivity contribution in [2.75, 3.05) is 19.4 Å². The van der Waals surface area contributed by atoms with E-state index < -0.39 is 0 Å². The average molecular weight is 454 g/mol. The van der Waals surface area contributed by atoms with Crippen LogP contribution in [0.25, 0.3) is 5.69 Å². The quantitative estimate of drug-likeness (QED) is 0.268. The molecule has 11 nitrogen and oxygen atoms in total. The number of hydrogen-bond acceptors (Lipinski definition) is 10. The highest BCUT2D eigenvalue weighted by Gasteiger charge is 2.14. The molecule has 166 valence electrons. The minimum atomic E-state index is 0.260. The molecular weight excluding hydrogens is 430 g/mol. The number of rotatable bonds is 11. The lowest BCUT2D eigenvalue weighted by atomic mass is 10.2. The van der Waals surface area contributed by atoms with Gasteiger partial charge in [-0.3, -0.25) is 0 Å². The summed E-state index contributed by atoms with van der Waals surface area (Å²) in [6, 6.07) is 15.6. The number of aromatic nitrogens is 8. The van der Waals surface area contributed by atoms with Crippen LogP contribution in [0.5, 0.6) is 17.5 Å². The summed E-state index contributed by atoms with van der Waals surface area (Å²) in [5, 5.41) is 27.4. The number of methoxy groups -OCH3 is 1. The van der Waals surface area contributed by atoms with Gasteiger partial charge in [-0.1, -0.05) is 41.1 Å². The summed E-state index contributed by atoms with van der Waals surface area (Å²) >= 11 is 1.64. The molecule has 12 heteroatoms. The summed E-state index contributed by atoms with van der Waals surface area (Å²) in [5.41, 5.74) is 1.89. The Balaban J connectivity index is 1.31. The first-order valence-electron chi connectivity index (χ1n) is 9.99. The number of hydrogen-bond donors (Lipinski definition) is 1. The molecule has 0 aliphatic rings. The second-order valence-electron chi connectivity index (χ2n) is 6.76. The Bertz CT molecular complexity index is 1130. The topological polar surface area (TPSA) is 118 Å². The molecule has 0 radical (unpaired) electrons. The van der Waals surface area contributed by atoms with Crippen molar-refractivity contribution < 1.29 is 9.47 Å². The Morgan fingerprint density at radius 2 is 1.84 bits per heavy atom. The maximum Gasteiger partial charge on any atom is 0.346 e.